The first-order valence-corrected chi connectivity index (χ1v) is 9.77. The zero-order valence-electron chi connectivity index (χ0n) is 17.0. The van der Waals surface area contributed by atoms with Crippen molar-refractivity contribution in [1.82, 2.24) is 15.5 Å². The van der Waals surface area contributed by atoms with Crippen molar-refractivity contribution in [3.05, 3.63) is 35.9 Å². The SMILES string of the molecule is CNC(=O)[C@]1(NC(=O)[C@@H]2CCCN2C(=O)OC(C)(C)C)C[C@@H]1c1ccccc1. The van der Waals surface area contributed by atoms with Gasteiger partial charge in [-0.1, -0.05) is 30.3 Å². The third-order valence-electron chi connectivity index (χ3n) is 5.32. The van der Waals surface area contributed by atoms with E-state index in [1.54, 1.807) is 27.8 Å². The summed E-state index contributed by atoms with van der Waals surface area (Å²) in [6.07, 6.45) is 1.34. The molecule has 1 aliphatic heterocycles. The van der Waals surface area contributed by atoms with Gasteiger partial charge in [0, 0.05) is 19.5 Å². The van der Waals surface area contributed by atoms with E-state index in [2.05, 4.69) is 10.6 Å². The number of carbonyl (C=O) groups excluding carboxylic acids is 3. The summed E-state index contributed by atoms with van der Waals surface area (Å²) < 4.78 is 5.43. The highest BCUT2D eigenvalue weighted by molar-refractivity contribution is 5.98. The fraction of sp³-hybridized carbons (Fsp3) is 0.571. The van der Waals surface area contributed by atoms with E-state index in [1.807, 2.05) is 30.3 Å². The molecular formula is C21H29N3O4. The lowest BCUT2D eigenvalue weighted by atomic mass is 10.0. The summed E-state index contributed by atoms with van der Waals surface area (Å²) in [4.78, 5) is 39.6. The molecule has 1 aromatic carbocycles. The van der Waals surface area contributed by atoms with Crippen LogP contribution in [0.1, 0.15) is 51.5 Å². The maximum absolute atomic E-state index is 13.0. The van der Waals surface area contributed by atoms with Crippen molar-refractivity contribution in [2.45, 2.75) is 63.1 Å². The van der Waals surface area contributed by atoms with E-state index in [4.69, 9.17) is 4.74 Å². The van der Waals surface area contributed by atoms with E-state index in [-0.39, 0.29) is 17.7 Å². The number of nitrogens with zero attached hydrogens (tertiary/aromatic N) is 1. The fourth-order valence-electron chi connectivity index (χ4n) is 3.90. The van der Waals surface area contributed by atoms with Gasteiger partial charge in [0.1, 0.15) is 17.2 Å². The van der Waals surface area contributed by atoms with Gasteiger partial charge in [0.2, 0.25) is 11.8 Å². The number of hydrogen-bond acceptors (Lipinski definition) is 4. The maximum Gasteiger partial charge on any atom is 0.410 e. The standard InChI is InChI=1S/C21H29N3O4/c1-20(2,3)28-19(27)24-12-8-11-16(24)17(25)23-21(18(26)22-4)13-15(21)14-9-6-5-7-10-14/h5-7,9-10,15-16H,8,11-13H2,1-4H3,(H,22,26)(H,23,25)/t15-,16+,21+/m1/s1. The Labute approximate surface area is 165 Å². The Balaban J connectivity index is 1.74. The molecule has 0 spiro atoms. The zero-order valence-corrected chi connectivity index (χ0v) is 17.0. The van der Waals surface area contributed by atoms with Crippen molar-refractivity contribution in [1.29, 1.82) is 0 Å². The minimum atomic E-state index is -0.963. The lowest BCUT2D eigenvalue weighted by Gasteiger charge is -2.29. The lowest BCUT2D eigenvalue weighted by Crippen LogP contribution is -2.55. The van der Waals surface area contributed by atoms with E-state index < -0.39 is 23.3 Å². The highest BCUT2D eigenvalue weighted by atomic mass is 16.6. The van der Waals surface area contributed by atoms with Crippen LogP contribution in [-0.2, 0) is 14.3 Å². The number of rotatable bonds is 4. The first kappa shape index (κ1) is 20.2. The summed E-state index contributed by atoms with van der Waals surface area (Å²) in [7, 11) is 1.57. The van der Waals surface area contributed by atoms with Crippen LogP contribution in [0.25, 0.3) is 0 Å². The molecule has 0 radical (unpaired) electrons. The van der Waals surface area contributed by atoms with Crippen molar-refractivity contribution in [3.63, 3.8) is 0 Å². The van der Waals surface area contributed by atoms with Crippen LogP contribution in [0, 0.1) is 0 Å². The molecule has 3 rings (SSSR count). The molecule has 1 heterocycles. The second kappa shape index (κ2) is 7.45. The molecule has 152 valence electrons. The fourth-order valence-corrected chi connectivity index (χ4v) is 3.90. The molecule has 1 saturated carbocycles. The molecule has 7 nitrogen and oxygen atoms in total. The van der Waals surface area contributed by atoms with Crippen molar-refractivity contribution in [3.8, 4) is 0 Å². The van der Waals surface area contributed by atoms with Crippen LogP contribution in [0.2, 0.25) is 0 Å². The van der Waals surface area contributed by atoms with Crippen molar-refractivity contribution >= 4 is 17.9 Å². The smallest absolute Gasteiger partial charge is 0.410 e. The van der Waals surface area contributed by atoms with Crippen LogP contribution < -0.4 is 10.6 Å². The molecule has 3 amide bonds. The van der Waals surface area contributed by atoms with Gasteiger partial charge in [0.25, 0.3) is 0 Å². The predicted molar refractivity (Wildman–Crippen MR) is 105 cm³/mol. The summed E-state index contributed by atoms with van der Waals surface area (Å²) in [5.41, 5.74) is -0.573. The monoisotopic (exact) mass is 387 g/mol. The van der Waals surface area contributed by atoms with Crippen molar-refractivity contribution in [2.75, 3.05) is 13.6 Å². The minimum absolute atomic E-state index is 0.0750. The van der Waals surface area contributed by atoms with Crippen LogP contribution in [-0.4, -0.2) is 53.6 Å². The summed E-state index contributed by atoms with van der Waals surface area (Å²) in [6, 6.07) is 9.07. The number of benzene rings is 1. The average Bonchev–Trinajstić information content (AvgIpc) is 3.14. The van der Waals surface area contributed by atoms with Crippen molar-refractivity contribution < 1.29 is 19.1 Å². The molecule has 2 N–H and O–H groups in total. The molecule has 2 fully saturated rings. The summed E-state index contributed by atoms with van der Waals surface area (Å²) in [5, 5.41) is 5.63. The number of carbonyl (C=O) groups is 3. The van der Waals surface area contributed by atoms with Gasteiger partial charge >= 0.3 is 6.09 Å². The Morgan fingerprint density at radius 1 is 1.18 bits per heavy atom. The number of hydrogen-bond donors (Lipinski definition) is 2. The van der Waals surface area contributed by atoms with E-state index in [0.29, 0.717) is 19.4 Å². The Bertz CT molecular complexity index is 759. The largest absolute Gasteiger partial charge is 0.444 e. The molecule has 2 aliphatic rings. The molecule has 3 atom stereocenters. The highest BCUT2D eigenvalue weighted by Crippen LogP contribution is 2.51. The number of nitrogens with one attached hydrogen (secondary N) is 2. The van der Waals surface area contributed by atoms with Gasteiger partial charge in [0.05, 0.1) is 0 Å². The van der Waals surface area contributed by atoms with Gasteiger partial charge in [-0.3, -0.25) is 14.5 Å². The second-order valence-corrected chi connectivity index (χ2v) is 8.54. The van der Waals surface area contributed by atoms with Crippen LogP contribution in [0.3, 0.4) is 0 Å². The number of ether oxygens (including phenoxy) is 1. The molecule has 0 unspecified atom stereocenters. The first-order valence-electron chi connectivity index (χ1n) is 9.77. The lowest BCUT2D eigenvalue weighted by molar-refractivity contribution is -0.132. The zero-order chi connectivity index (χ0) is 20.5. The quantitative estimate of drug-likeness (QED) is 0.829. The van der Waals surface area contributed by atoms with Crippen LogP contribution in [0.4, 0.5) is 4.79 Å². The van der Waals surface area contributed by atoms with Crippen molar-refractivity contribution in [2.24, 2.45) is 0 Å². The Morgan fingerprint density at radius 3 is 2.46 bits per heavy atom. The van der Waals surface area contributed by atoms with Gasteiger partial charge in [-0.25, -0.2) is 4.79 Å². The molecule has 7 heteroatoms. The van der Waals surface area contributed by atoms with E-state index in [1.165, 1.54) is 4.90 Å². The van der Waals surface area contributed by atoms with Gasteiger partial charge in [-0.15, -0.1) is 0 Å². The molecule has 28 heavy (non-hydrogen) atoms. The normalized spacial score (nSPS) is 26.5. The summed E-state index contributed by atoms with van der Waals surface area (Å²) in [6.45, 7) is 5.87. The minimum Gasteiger partial charge on any atom is -0.444 e. The van der Waals surface area contributed by atoms with Crippen LogP contribution in [0.5, 0.6) is 0 Å². The molecule has 1 aromatic rings. The molecule has 1 aliphatic carbocycles. The number of likely N-dealkylation sites (tertiary alicyclic amines) is 1. The third kappa shape index (κ3) is 3.98. The molecule has 1 saturated heterocycles. The van der Waals surface area contributed by atoms with Crippen LogP contribution in [0.15, 0.2) is 30.3 Å². The first-order chi connectivity index (χ1) is 13.2. The predicted octanol–water partition coefficient (Wildman–Crippen LogP) is 2.17. The second-order valence-electron chi connectivity index (χ2n) is 8.54. The Hall–Kier alpha value is -2.57. The maximum atomic E-state index is 13.0. The van der Waals surface area contributed by atoms with Gasteiger partial charge in [0.15, 0.2) is 0 Å². The molecular weight excluding hydrogens is 358 g/mol. The van der Waals surface area contributed by atoms with E-state index in [9.17, 15) is 14.4 Å². The van der Waals surface area contributed by atoms with Gasteiger partial charge < -0.3 is 15.4 Å². The average molecular weight is 387 g/mol. The van der Waals surface area contributed by atoms with Gasteiger partial charge in [-0.05, 0) is 45.6 Å². The molecule has 0 bridgehead atoms. The van der Waals surface area contributed by atoms with E-state index >= 15 is 0 Å². The topological polar surface area (TPSA) is 87.7 Å². The molecule has 0 aromatic heterocycles. The van der Waals surface area contributed by atoms with Gasteiger partial charge in [-0.2, -0.15) is 0 Å². The number of likely N-dealkylation sites (N-methyl/N-ethyl adjacent to an activating group) is 1. The number of amides is 3. The van der Waals surface area contributed by atoms with Crippen LogP contribution >= 0.6 is 0 Å². The summed E-state index contributed by atoms with van der Waals surface area (Å²) >= 11 is 0. The van der Waals surface area contributed by atoms with E-state index in [0.717, 1.165) is 12.0 Å². The summed E-state index contributed by atoms with van der Waals surface area (Å²) in [5.74, 6) is -0.587. The highest BCUT2D eigenvalue weighted by Gasteiger charge is 2.62. The Kier molecular flexibility index (Phi) is 5.37. The third-order valence-corrected chi connectivity index (χ3v) is 5.32. The Morgan fingerprint density at radius 2 is 1.86 bits per heavy atom.